The summed E-state index contributed by atoms with van der Waals surface area (Å²) in [6, 6.07) is 13.7. The fourth-order valence-corrected chi connectivity index (χ4v) is 3.02. The molecule has 0 bridgehead atoms. The first-order valence-corrected chi connectivity index (χ1v) is 9.20. The van der Waals surface area contributed by atoms with Crippen LogP contribution in [-0.4, -0.2) is 22.3 Å². The van der Waals surface area contributed by atoms with Crippen molar-refractivity contribution in [2.45, 2.75) is 20.0 Å². The number of ether oxygens (including phenoxy) is 1. The lowest BCUT2D eigenvalue weighted by atomic mass is 9.81. The quantitative estimate of drug-likeness (QED) is 0.401. The Morgan fingerprint density at radius 2 is 1.85 bits per heavy atom. The van der Waals surface area contributed by atoms with E-state index in [1.807, 2.05) is 6.07 Å². The normalized spacial score (nSPS) is 12.6. The highest BCUT2D eigenvalue weighted by Gasteiger charge is 2.34. The van der Waals surface area contributed by atoms with Crippen molar-refractivity contribution < 1.29 is 24.5 Å². The number of hydrogen-bond donors (Lipinski definition) is 3. The van der Waals surface area contributed by atoms with Crippen LogP contribution in [0.15, 0.2) is 60.7 Å². The summed E-state index contributed by atoms with van der Waals surface area (Å²) in [6.07, 6.45) is 0.818. The molecule has 3 N–H and O–H groups in total. The number of rotatable bonds is 6. The molecule has 0 saturated heterocycles. The molecule has 0 aliphatic carbocycles. The van der Waals surface area contributed by atoms with Gasteiger partial charge in [-0.05, 0) is 52.9 Å². The minimum Gasteiger partial charge on any atom is -0.508 e. The van der Waals surface area contributed by atoms with Crippen LogP contribution in [0.4, 0.5) is 10.5 Å². The molecule has 2 aromatic rings. The van der Waals surface area contributed by atoms with Gasteiger partial charge in [0.15, 0.2) is 0 Å². The van der Waals surface area contributed by atoms with Crippen LogP contribution in [0.5, 0.6) is 5.75 Å². The number of phenolic OH excluding ortho intramolecular Hbond substituents is 1. The van der Waals surface area contributed by atoms with Crippen molar-refractivity contribution in [3.8, 4) is 5.75 Å². The van der Waals surface area contributed by atoms with Crippen molar-refractivity contribution in [3.05, 3.63) is 69.8 Å². The number of carboxylic acid groups (broad SMARTS) is 1. The van der Waals surface area contributed by atoms with Gasteiger partial charge in [0.05, 0.1) is 0 Å². The van der Waals surface area contributed by atoms with Gasteiger partial charge in [-0.3, -0.25) is 5.32 Å². The number of carbonyl (C=O) groups is 2. The van der Waals surface area contributed by atoms with E-state index in [0.717, 1.165) is 9.65 Å². The second-order valence-electron chi connectivity index (χ2n) is 6.47. The number of nitrogens with one attached hydrogen (secondary N) is 1. The van der Waals surface area contributed by atoms with Crippen LogP contribution < -0.4 is 5.32 Å². The molecule has 7 heteroatoms. The molecule has 142 valence electrons. The molecule has 0 aliphatic heterocycles. The highest BCUT2D eigenvalue weighted by atomic mass is 127. The number of hydrogen-bond acceptors (Lipinski definition) is 4. The highest BCUT2D eigenvalue weighted by Crippen LogP contribution is 2.42. The zero-order valence-corrected chi connectivity index (χ0v) is 17.0. The van der Waals surface area contributed by atoms with E-state index in [1.54, 1.807) is 50.2 Å². The number of aromatic hydroxyl groups is 1. The molecular weight excluding hydrogens is 461 g/mol. The largest absolute Gasteiger partial charge is 0.508 e. The van der Waals surface area contributed by atoms with Gasteiger partial charge in [-0.15, -0.1) is 0 Å². The van der Waals surface area contributed by atoms with Crippen LogP contribution in [0.3, 0.4) is 0 Å². The van der Waals surface area contributed by atoms with E-state index in [4.69, 9.17) is 9.84 Å². The van der Waals surface area contributed by atoms with E-state index in [9.17, 15) is 14.7 Å². The number of phenols is 1. The Morgan fingerprint density at radius 1 is 1.19 bits per heavy atom. The van der Waals surface area contributed by atoms with Gasteiger partial charge in [-0.1, -0.05) is 38.1 Å². The molecule has 0 aromatic heterocycles. The van der Waals surface area contributed by atoms with Gasteiger partial charge >= 0.3 is 12.1 Å². The van der Waals surface area contributed by atoms with Crippen molar-refractivity contribution in [1.82, 2.24) is 0 Å². The summed E-state index contributed by atoms with van der Waals surface area (Å²) in [5.41, 5.74) is 0.0612. The number of benzene rings is 2. The van der Waals surface area contributed by atoms with Crippen molar-refractivity contribution >= 4 is 40.3 Å². The molecule has 0 unspecified atom stereocenters. The number of carbonyl (C=O) groups excluding carboxylic acids is 1. The number of aliphatic carboxylic acids is 1. The van der Waals surface area contributed by atoms with Gasteiger partial charge in [0, 0.05) is 26.3 Å². The van der Waals surface area contributed by atoms with E-state index >= 15 is 0 Å². The topological polar surface area (TPSA) is 95.9 Å². The lowest BCUT2D eigenvalue weighted by Crippen LogP contribution is -2.28. The van der Waals surface area contributed by atoms with Crippen LogP contribution in [-0.2, 0) is 9.53 Å². The summed E-state index contributed by atoms with van der Waals surface area (Å²) in [4.78, 5) is 23.4. The van der Waals surface area contributed by atoms with Gasteiger partial charge in [-0.25, -0.2) is 9.59 Å². The fourth-order valence-electron chi connectivity index (χ4n) is 2.50. The second kappa shape index (κ2) is 8.90. The van der Waals surface area contributed by atoms with E-state index in [0.29, 0.717) is 11.3 Å². The molecule has 0 fully saturated rings. The summed E-state index contributed by atoms with van der Waals surface area (Å²) in [7, 11) is 0. The van der Waals surface area contributed by atoms with Gasteiger partial charge in [0.25, 0.3) is 0 Å². The minimum absolute atomic E-state index is 0.0373. The van der Waals surface area contributed by atoms with Crippen molar-refractivity contribution in [2.24, 2.45) is 5.41 Å². The Balaban J connectivity index is 2.35. The van der Waals surface area contributed by atoms with E-state index in [1.165, 1.54) is 12.1 Å². The van der Waals surface area contributed by atoms with Gasteiger partial charge in [0.2, 0.25) is 0 Å². The summed E-state index contributed by atoms with van der Waals surface area (Å²) in [5, 5.41) is 21.9. The first-order valence-electron chi connectivity index (χ1n) is 8.12. The predicted octanol–water partition coefficient (Wildman–Crippen LogP) is 4.95. The molecular formula is C20H20INO5. The molecule has 0 aliphatic rings. The lowest BCUT2D eigenvalue weighted by molar-refractivity contribution is -0.131. The highest BCUT2D eigenvalue weighted by molar-refractivity contribution is 14.1. The Hall–Kier alpha value is -2.55. The van der Waals surface area contributed by atoms with Crippen LogP contribution in [0, 0.1) is 8.99 Å². The van der Waals surface area contributed by atoms with Gasteiger partial charge in [0.1, 0.15) is 11.9 Å². The summed E-state index contributed by atoms with van der Waals surface area (Å²) < 4.78 is 6.46. The van der Waals surface area contributed by atoms with Crippen LogP contribution in [0.1, 0.15) is 25.5 Å². The predicted molar refractivity (Wildman–Crippen MR) is 111 cm³/mol. The first-order chi connectivity index (χ1) is 12.7. The van der Waals surface area contributed by atoms with Crippen molar-refractivity contribution in [1.29, 1.82) is 0 Å². The zero-order chi connectivity index (χ0) is 20.0. The van der Waals surface area contributed by atoms with E-state index in [-0.39, 0.29) is 5.75 Å². The van der Waals surface area contributed by atoms with Crippen LogP contribution in [0.25, 0.3) is 0 Å². The Morgan fingerprint density at radius 3 is 2.48 bits per heavy atom. The molecule has 0 heterocycles. The molecule has 0 saturated carbocycles. The maximum atomic E-state index is 12.4. The fraction of sp³-hybridized carbons (Fsp3) is 0.200. The number of halogens is 1. The average molecular weight is 481 g/mol. The summed E-state index contributed by atoms with van der Waals surface area (Å²) in [5.74, 6) is -1.15. The number of amides is 1. The SMILES string of the molecule is CC(C)(/C=C/C(=O)O)[C@@H](OC(=O)Nc1ccccc1)c1cc(I)ccc1O. The molecule has 6 nitrogen and oxygen atoms in total. The average Bonchev–Trinajstić information content (AvgIpc) is 2.61. The molecule has 2 rings (SSSR count). The van der Waals surface area contributed by atoms with Gasteiger partial charge < -0.3 is 14.9 Å². The number of carboxylic acids is 1. The summed E-state index contributed by atoms with van der Waals surface area (Å²) in [6.45, 7) is 3.46. The lowest BCUT2D eigenvalue weighted by Gasteiger charge is -2.32. The van der Waals surface area contributed by atoms with Gasteiger partial charge in [-0.2, -0.15) is 0 Å². The third-order valence-electron chi connectivity index (χ3n) is 3.85. The van der Waals surface area contributed by atoms with Crippen molar-refractivity contribution in [3.63, 3.8) is 0 Å². The zero-order valence-electron chi connectivity index (χ0n) is 14.8. The Labute approximate surface area is 171 Å². The Kier molecular flexibility index (Phi) is 6.84. The molecule has 1 atom stereocenters. The standard InChI is InChI=1S/C20H20INO5/c1-20(2,11-10-17(24)25)18(15-12-13(21)8-9-16(15)23)27-19(26)22-14-6-4-3-5-7-14/h3-12,18,23H,1-2H3,(H,22,26)(H,24,25)/b11-10+/t18-/m0/s1. The molecule has 27 heavy (non-hydrogen) atoms. The van der Waals surface area contributed by atoms with E-state index in [2.05, 4.69) is 27.9 Å². The Bertz CT molecular complexity index is 849. The van der Waals surface area contributed by atoms with E-state index < -0.39 is 23.6 Å². The number of para-hydroxylation sites is 1. The maximum absolute atomic E-state index is 12.4. The smallest absolute Gasteiger partial charge is 0.412 e. The third-order valence-corrected chi connectivity index (χ3v) is 4.52. The van der Waals surface area contributed by atoms with Crippen LogP contribution >= 0.6 is 22.6 Å². The third kappa shape index (κ3) is 5.99. The molecule has 1 amide bonds. The number of anilines is 1. The van der Waals surface area contributed by atoms with Crippen LogP contribution in [0.2, 0.25) is 0 Å². The monoisotopic (exact) mass is 481 g/mol. The first kappa shape index (κ1) is 20.8. The maximum Gasteiger partial charge on any atom is 0.412 e. The minimum atomic E-state index is -1.11. The molecule has 0 radical (unpaired) electrons. The van der Waals surface area contributed by atoms with Crippen molar-refractivity contribution in [2.75, 3.05) is 5.32 Å². The molecule has 0 spiro atoms. The summed E-state index contributed by atoms with van der Waals surface area (Å²) >= 11 is 2.09. The second-order valence-corrected chi connectivity index (χ2v) is 7.72. The molecule has 2 aromatic carbocycles.